The van der Waals surface area contributed by atoms with Crippen LogP contribution in [0.1, 0.15) is 19.4 Å². The fourth-order valence-corrected chi connectivity index (χ4v) is 1.78. The highest BCUT2D eigenvalue weighted by atomic mass is 19.1. The van der Waals surface area contributed by atoms with Crippen molar-refractivity contribution in [2.45, 2.75) is 20.3 Å². The summed E-state index contributed by atoms with van der Waals surface area (Å²) in [5.74, 6) is 0.691. The van der Waals surface area contributed by atoms with E-state index in [9.17, 15) is 4.39 Å². The van der Waals surface area contributed by atoms with Crippen molar-refractivity contribution >= 4 is 16.7 Å². The Bertz CT molecular complexity index is 509. The number of aryl methyl sites for hydroxylation is 1. The molecule has 0 amide bonds. The number of hydrogen-bond donors (Lipinski definition) is 1. The number of anilines is 1. The topological polar surface area (TPSA) is 24.9 Å². The minimum atomic E-state index is -0.215. The lowest BCUT2D eigenvalue weighted by molar-refractivity contribution is 0.629. The predicted octanol–water partition coefficient (Wildman–Crippen LogP) is 3.37. The number of benzene rings is 1. The van der Waals surface area contributed by atoms with Gasteiger partial charge in [0.15, 0.2) is 0 Å². The zero-order valence-electron chi connectivity index (χ0n) is 9.55. The van der Waals surface area contributed by atoms with E-state index in [1.165, 1.54) is 12.1 Å². The number of halogens is 1. The monoisotopic (exact) mass is 218 g/mol. The summed E-state index contributed by atoms with van der Waals surface area (Å²) in [7, 11) is 0. The maximum Gasteiger partial charge on any atom is 0.129 e. The van der Waals surface area contributed by atoms with Crippen LogP contribution in [0.3, 0.4) is 0 Å². The molecule has 2 rings (SSSR count). The molecule has 0 fully saturated rings. The minimum Gasteiger partial charge on any atom is -0.370 e. The van der Waals surface area contributed by atoms with Gasteiger partial charge in [0, 0.05) is 11.9 Å². The largest absolute Gasteiger partial charge is 0.370 e. The normalized spacial score (nSPS) is 10.7. The molecule has 0 radical (unpaired) electrons. The Labute approximate surface area is 94.5 Å². The van der Waals surface area contributed by atoms with Gasteiger partial charge in [-0.2, -0.15) is 0 Å². The first kappa shape index (κ1) is 10.9. The zero-order chi connectivity index (χ0) is 11.5. The van der Waals surface area contributed by atoms with E-state index in [4.69, 9.17) is 0 Å². The first-order chi connectivity index (χ1) is 7.74. The predicted molar refractivity (Wildman–Crippen MR) is 65.2 cm³/mol. The van der Waals surface area contributed by atoms with Crippen LogP contribution in [0.25, 0.3) is 10.9 Å². The van der Waals surface area contributed by atoms with Crippen molar-refractivity contribution in [3.05, 3.63) is 35.6 Å². The molecule has 0 saturated carbocycles. The summed E-state index contributed by atoms with van der Waals surface area (Å²) in [6.07, 6.45) is 0.891. The SMILES string of the molecule is CCNc1nc2ccc(F)cc2cc1CC. The van der Waals surface area contributed by atoms with Crippen LogP contribution < -0.4 is 5.32 Å². The van der Waals surface area contributed by atoms with Gasteiger partial charge in [0.05, 0.1) is 5.52 Å². The van der Waals surface area contributed by atoms with Crippen LogP contribution in [-0.4, -0.2) is 11.5 Å². The number of rotatable bonds is 3. The second-order valence-electron chi connectivity index (χ2n) is 3.72. The molecule has 0 spiro atoms. The molecule has 1 aromatic carbocycles. The quantitative estimate of drug-likeness (QED) is 0.854. The molecule has 0 unspecified atom stereocenters. The molecule has 2 nitrogen and oxygen atoms in total. The smallest absolute Gasteiger partial charge is 0.129 e. The Kier molecular flexibility index (Phi) is 3.04. The maximum atomic E-state index is 13.1. The average Bonchev–Trinajstić information content (AvgIpc) is 2.29. The van der Waals surface area contributed by atoms with Crippen LogP contribution in [-0.2, 0) is 6.42 Å². The van der Waals surface area contributed by atoms with E-state index >= 15 is 0 Å². The highest BCUT2D eigenvalue weighted by molar-refractivity contribution is 5.81. The number of pyridine rings is 1. The van der Waals surface area contributed by atoms with Gasteiger partial charge < -0.3 is 5.32 Å². The number of hydrogen-bond acceptors (Lipinski definition) is 2. The van der Waals surface area contributed by atoms with Crippen molar-refractivity contribution in [1.29, 1.82) is 0 Å². The second-order valence-corrected chi connectivity index (χ2v) is 3.72. The van der Waals surface area contributed by atoms with Crippen LogP contribution in [0.5, 0.6) is 0 Å². The summed E-state index contributed by atoms with van der Waals surface area (Å²) in [6, 6.07) is 6.68. The van der Waals surface area contributed by atoms with Crippen LogP contribution >= 0.6 is 0 Å². The van der Waals surface area contributed by atoms with E-state index in [0.29, 0.717) is 0 Å². The number of aromatic nitrogens is 1. The third-order valence-electron chi connectivity index (χ3n) is 2.58. The standard InChI is InChI=1S/C13H15FN2/c1-3-9-7-10-8-11(14)5-6-12(10)16-13(9)15-4-2/h5-8H,3-4H2,1-2H3,(H,15,16). The van der Waals surface area contributed by atoms with Gasteiger partial charge in [0.25, 0.3) is 0 Å². The summed E-state index contributed by atoms with van der Waals surface area (Å²) < 4.78 is 13.1. The third-order valence-corrected chi connectivity index (χ3v) is 2.58. The molecule has 1 aromatic heterocycles. The molecule has 84 valence electrons. The number of fused-ring (bicyclic) bond motifs is 1. The van der Waals surface area contributed by atoms with Crippen LogP contribution in [0.4, 0.5) is 10.2 Å². The average molecular weight is 218 g/mol. The molecular weight excluding hydrogens is 203 g/mol. The summed E-state index contributed by atoms with van der Waals surface area (Å²) in [4.78, 5) is 4.50. The van der Waals surface area contributed by atoms with Crippen molar-refractivity contribution in [1.82, 2.24) is 4.98 Å². The molecule has 16 heavy (non-hydrogen) atoms. The van der Waals surface area contributed by atoms with Gasteiger partial charge in [0.2, 0.25) is 0 Å². The Balaban J connectivity index is 2.60. The van der Waals surface area contributed by atoms with Crippen LogP contribution in [0, 0.1) is 5.82 Å². The first-order valence-electron chi connectivity index (χ1n) is 5.57. The molecule has 0 aliphatic heterocycles. The van der Waals surface area contributed by atoms with Gasteiger partial charge in [-0.25, -0.2) is 9.37 Å². The molecule has 0 atom stereocenters. The molecule has 0 saturated heterocycles. The number of nitrogens with zero attached hydrogens (tertiary/aromatic N) is 1. The van der Waals surface area contributed by atoms with Gasteiger partial charge in [-0.1, -0.05) is 6.92 Å². The molecule has 0 bridgehead atoms. The van der Waals surface area contributed by atoms with E-state index in [1.54, 1.807) is 6.07 Å². The second kappa shape index (κ2) is 4.47. The fraction of sp³-hybridized carbons (Fsp3) is 0.308. The summed E-state index contributed by atoms with van der Waals surface area (Å²) >= 11 is 0. The summed E-state index contributed by atoms with van der Waals surface area (Å²) in [5, 5.41) is 4.09. The Hall–Kier alpha value is -1.64. The highest BCUT2D eigenvalue weighted by Crippen LogP contribution is 2.21. The maximum absolute atomic E-state index is 13.1. The Morgan fingerprint density at radius 1 is 1.25 bits per heavy atom. The lowest BCUT2D eigenvalue weighted by Gasteiger charge is -2.09. The van der Waals surface area contributed by atoms with Crippen molar-refractivity contribution in [2.24, 2.45) is 0 Å². The van der Waals surface area contributed by atoms with E-state index < -0.39 is 0 Å². The van der Waals surface area contributed by atoms with E-state index in [-0.39, 0.29) is 5.82 Å². The van der Waals surface area contributed by atoms with E-state index in [1.807, 2.05) is 13.0 Å². The third kappa shape index (κ3) is 1.98. The van der Waals surface area contributed by atoms with E-state index in [2.05, 4.69) is 17.2 Å². The minimum absolute atomic E-state index is 0.215. The fourth-order valence-electron chi connectivity index (χ4n) is 1.78. The van der Waals surface area contributed by atoms with Crippen LogP contribution in [0.2, 0.25) is 0 Å². The number of nitrogens with one attached hydrogen (secondary N) is 1. The molecule has 1 N–H and O–H groups in total. The zero-order valence-corrected chi connectivity index (χ0v) is 9.55. The van der Waals surface area contributed by atoms with Gasteiger partial charge >= 0.3 is 0 Å². The molecule has 2 aromatic rings. The highest BCUT2D eigenvalue weighted by Gasteiger charge is 2.05. The molecule has 1 heterocycles. The lowest BCUT2D eigenvalue weighted by Crippen LogP contribution is -2.03. The van der Waals surface area contributed by atoms with Gasteiger partial charge in [0.1, 0.15) is 11.6 Å². The molecular formula is C13H15FN2. The molecule has 0 aliphatic carbocycles. The van der Waals surface area contributed by atoms with E-state index in [0.717, 1.165) is 35.2 Å². The van der Waals surface area contributed by atoms with Gasteiger partial charge in [-0.05, 0) is 43.2 Å². The first-order valence-corrected chi connectivity index (χ1v) is 5.57. The molecule has 0 aliphatic rings. The van der Waals surface area contributed by atoms with Gasteiger partial charge in [-0.3, -0.25) is 0 Å². The molecule has 3 heteroatoms. The summed E-state index contributed by atoms with van der Waals surface area (Å²) in [6.45, 7) is 4.95. The Morgan fingerprint density at radius 3 is 2.75 bits per heavy atom. The summed E-state index contributed by atoms with van der Waals surface area (Å²) in [5.41, 5.74) is 1.95. The van der Waals surface area contributed by atoms with Crippen LogP contribution in [0.15, 0.2) is 24.3 Å². The van der Waals surface area contributed by atoms with Crippen molar-refractivity contribution in [3.63, 3.8) is 0 Å². The lowest BCUT2D eigenvalue weighted by atomic mass is 10.1. The van der Waals surface area contributed by atoms with Crippen molar-refractivity contribution < 1.29 is 4.39 Å². The van der Waals surface area contributed by atoms with Crippen molar-refractivity contribution in [2.75, 3.05) is 11.9 Å². The van der Waals surface area contributed by atoms with Crippen molar-refractivity contribution in [3.8, 4) is 0 Å². The Morgan fingerprint density at radius 2 is 2.06 bits per heavy atom. The van der Waals surface area contributed by atoms with Gasteiger partial charge in [-0.15, -0.1) is 0 Å².